The summed E-state index contributed by atoms with van der Waals surface area (Å²) >= 11 is 0. The van der Waals surface area contributed by atoms with Gasteiger partial charge in [0.2, 0.25) is 0 Å². The molecule has 2 aromatic carbocycles. The van der Waals surface area contributed by atoms with E-state index in [0.29, 0.717) is 5.69 Å². The van der Waals surface area contributed by atoms with Gasteiger partial charge >= 0.3 is 5.69 Å². The molecule has 6 nitrogen and oxygen atoms in total. The summed E-state index contributed by atoms with van der Waals surface area (Å²) in [5.74, 6) is 0. The predicted octanol–water partition coefficient (Wildman–Crippen LogP) is 2.54. The Hall–Kier alpha value is -3.15. The Labute approximate surface area is 119 Å². The van der Waals surface area contributed by atoms with Crippen molar-refractivity contribution in [3.8, 4) is 11.4 Å². The summed E-state index contributed by atoms with van der Waals surface area (Å²) in [6.07, 6.45) is 3.23. The molecule has 0 aliphatic carbocycles. The second kappa shape index (κ2) is 5.09. The van der Waals surface area contributed by atoms with Crippen LogP contribution in [0.25, 0.3) is 11.4 Å². The lowest BCUT2D eigenvalue weighted by molar-refractivity contribution is -0.384. The number of nitro benzene ring substituents is 1. The highest BCUT2D eigenvalue weighted by Crippen LogP contribution is 2.16. The topological polar surface area (TPSA) is 70.1 Å². The number of rotatable bonds is 3. The van der Waals surface area contributed by atoms with Crippen LogP contribution in [0.5, 0.6) is 0 Å². The highest BCUT2D eigenvalue weighted by atomic mass is 16.6. The van der Waals surface area contributed by atoms with Crippen LogP contribution < -0.4 is 5.69 Å². The van der Waals surface area contributed by atoms with Crippen molar-refractivity contribution in [3.05, 3.63) is 87.6 Å². The van der Waals surface area contributed by atoms with Gasteiger partial charge in [0, 0.05) is 24.5 Å². The summed E-state index contributed by atoms with van der Waals surface area (Å²) in [5.41, 5.74) is 0.879. The third-order valence-corrected chi connectivity index (χ3v) is 3.13. The molecule has 0 spiro atoms. The molecule has 0 N–H and O–H groups in total. The number of hydrogen-bond donors (Lipinski definition) is 0. The SMILES string of the molecule is O=c1n(-c2ccccc2)ccn1-c1cccc([N+](=O)[O-])c1. The minimum absolute atomic E-state index is 0.0492. The lowest BCUT2D eigenvalue weighted by Gasteiger charge is -2.02. The van der Waals surface area contributed by atoms with Gasteiger partial charge in [-0.05, 0) is 18.2 Å². The first-order chi connectivity index (χ1) is 10.2. The van der Waals surface area contributed by atoms with Gasteiger partial charge in [-0.1, -0.05) is 24.3 Å². The van der Waals surface area contributed by atoms with E-state index in [1.807, 2.05) is 30.3 Å². The molecule has 104 valence electrons. The van der Waals surface area contributed by atoms with Gasteiger partial charge in [-0.2, -0.15) is 0 Å². The van der Waals surface area contributed by atoms with Crippen molar-refractivity contribution >= 4 is 5.69 Å². The molecule has 0 saturated heterocycles. The van der Waals surface area contributed by atoms with Gasteiger partial charge in [-0.15, -0.1) is 0 Å². The first-order valence-electron chi connectivity index (χ1n) is 6.27. The number of benzene rings is 2. The maximum Gasteiger partial charge on any atom is 0.337 e. The van der Waals surface area contributed by atoms with Crippen LogP contribution in [0.4, 0.5) is 5.69 Å². The van der Waals surface area contributed by atoms with Crippen LogP contribution in [0.3, 0.4) is 0 Å². The Morgan fingerprint density at radius 1 is 0.857 bits per heavy atom. The zero-order valence-electron chi connectivity index (χ0n) is 10.9. The first kappa shape index (κ1) is 12.9. The molecule has 0 atom stereocenters. The van der Waals surface area contributed by atoms with E-state index in [1.54, 1.807) is 24.5 Å². The Balaban J connectivity index is 2.10. The van der Waals surface area contributed by atoms with E-state index >= 15 is 0 Å². The van der Waals surface area contributed by atoms with E-state index in [-0.39, 0.29) is 11.4 Å². The molecule has 21 heavy (non-hydrogen) atoms. The summed E-state index contributed by atoms with van der Waals surface area (Å²) in [7, 11) is 0. The van der Waals surface area contributed by atoms with Crippen LogP contribution in [0, 0.1) is 10.1 Å². The molecule has 1 heterocycles. The molecule has 3 rings (SSSR count). The number of para-hydroxylation sites is 1. The van der Waals surface area contributed by atoms with Crippen molar-refractivity contribution in [2.24, 2.45) is 0 Å². The molecule has 0 bridgehead atoms. The average molecular weight is 281 g/mol. The maximum absolute atomic E-state index is 12.4. The molecule has 0 aliphatic rings. The van der Waals surface area contributed by atoms with Gasteiger partial charge in [0.1, 0.15) is 0 Å². The van der Waals surface area contributed by atoms with E-state index in [0.717, 1.165) is 5.69 Å². The number of nitro groups is 1. The Morgan fingerprint density at radius 3 is 2.14 bits per heavy atom. The molecule has 0 fully saturated rings. The monoisotopic (exact) mass is 281 g/mol. The van der Waals surface area contributed by atoms with Crippen molar-refractivity contribution in [3.63, 3.8) is 0 Å². The van der Waals surface area contributed by atoms with Crippen LogP contribution in [0.15, 0.2) is 71.8 Å². The standard InChI is InChI=1S/C15H11N3O3/c19-15-16(12-5-2-1-3-6-12)9-10-17(15)13-7-4-8-14(11-13)18(20)21/h1-11H. The van der Waals surface area contributed by atoms with Gasteiger partial charge in [0.25, 0.3) is 5.69 Å². The first-order valence-corrected chi connectivity index (χ1v) is 6.27. The second-order valence-electron chi connectivity index (χ2n) is 4.43. The molecule has 0 amide bonds. The van der Waals surface area contributed by atoms with Gasteiger partial charge in [-0.25, -0.2) is 4.79 Å². The number of aromatic nitrogens is 2. The van der Waals surface area contributed by atoms with Crippen molar-refractivity contribution in [2.75, 3.05) is 0 Å². The molecular weight excluding hydrogens is 270 g/mol. The summed E-state index contributed by atoms with van der Waals surface area (Å²) in [5, 5.41) is 10.8. The minimum Gasteiger partial charge on any atom is -0.268 e. The molecule has 0 radical (unpaired) electrons. The van der Waals surface area contributed by atoms with Gasteiger partial charge in [-0.3, -0.25) is 19.2 Å². The van der Waals surface area contributed by atoms with Gasteiger partial charge in [0.05, 0.1) is 16.3 Å². The summed E-state index contributed by atoms with van der Waals surface area (Å²) in [6, 6.07) is 15.2. The van der Waals surface area contributed by atoms with Crippen LogP contribution in [-0.4, -0.2) is 14.1 Å². The number of non-ortho nitro benzene ring substituents is 1. The van der Waals surface area contributed by atoms with E-state index in [2.05, 4.69) is 0 Å². The fraction of sp³-hybridized carbons (Fsp3) is 0. The molecule has 3 aromatic rings. The highest BCUT2D eigenvalue weighted by molar-refractivity contribution is 5.43. The van der Waals surface area contributed by atoms with E-state index in [9.17, 15) is 14.9 Å². The van der Waals surface area contributed by atoms with Crippen molar-refractivity contribution < 1.29 is 4.92 Å². The Bertz CT molecular complexity index is 850. The zero-order chi connectivity index (χ0) is 14.8. The third-order valence-electron chi connectivity index (χ3n) is 3.13. The van der Waals surface area contributed by atoms with Crippen LogP contribution in [0.2, 0.25) is 0 Å². The normalized spacial score (nSPS) is 10.5. The molecule has 0 saturated carbocycles. The number of nitrogens with zero attached hydrogens (tertiary/aromatic N) is 3. The molecule has 6 heteroatoms. The second-order valence-corrected chi connectivity index (χ2v) is 4.43. The highest BCUT2D eigenvalue weighted by Gasteiger charge is 2.10. The zero-order valence-corrected chi connectivity index (χ0v) is 10.9. The third kappa shape index (κ3) is 2.34. The molecule has 0 unspecified atom stereocenters. The Morgan fingerprint density at radius 2 is 1.48 bits per heavy atom. The number of hydrogen-bond acceptors (Lipinski definition) is 3. The van der Waals surface area contributed by atoms with Gasteiger partial charge in [0.15, 0.2) is 0 Å². The van der Waals surface area contributed by atoms with E-state index in [4.69, 9.17) is 0 Å². The molecular formula is C15H11N3O3. The van der Waals surface area contributed by atoms with Crippen LogP contribution in [0.1, 0.15) is 0 Å². The van der Waals surface area contributed by atoms with Crippen molar-refractivity contribution in [1.29, 1.82) is 0 Å². The summed E-state index contributed by atoms with van der Waals surface area (Å²) < 4.78 is 2.86. The lowest BCUT2D eigenvalue weighted by atomic mass is 10.3. The summed E-state index contributed by atoms with van der Waals surface area (Å²) in [6.45, 7) is 0. The predicted molar refractivity (Wildman–Crippen MR) is 78.0 cm³/mol. The summed E-state index contributed by atoms with van der Waals surface area (Å²) in [4.78, 5) is 22.7. The van der Waals surface area contributed by atoms with Crippen LogP contribution in [-0.2, 0) is 0 Å². The molecule has 0 aliphatic heterocycles. The smallest absolute Gasteiger partial charge is 0.268 e. The fourth-order valence-electron chi connectivity index (χ4n) is 2.11. The molecule has 1 aromatic heterocycles. The fourth-order valence-corrected chi connectivity index (χ4v) is 2.11. The quantitative estimate of drug-likeness (QED) is 0.547. The number of imidazole rings is 1. The lowest BCUT2D eigenvalue weighted by Crippen LogP contribution is -2.21. The van der Waals surface area contributed by atoms with Crippen molar-refractivity contribution in [2.45, 2.75) is 0 Å². The van der Waals surface area contributed by atoms with Crippen molar-refractivity contribution in [1.82, 2.24) is 9.13 Å². The average Bonchev–Trinajstić information content (AvgIpc) is 2.90. The minimum atomic E-state index is -0.483. The maximum atomic E-state index is 12.4. The van der Waals surface area contributed by atoms with Crippen LogP contribution >= 0.6 is 0 Å². The van der Waals surface area contributed by atoms with Gasteiger partial charge < -0.3 is 0 Å². The largest absolute Gasteiger partial charge is 0.337 e. The Kier molecular flexibility index (Phi) is 3.12. The van der Waals surface area contributed by atoms with E-state index < -0.39 is 4.92 Å². The van der Waals surface area contributed by atoms with E-state index in [1.165, 1.54) is 21.3 Å².